The van der Waals surface area contributed by atoms with E-state index < -0.39 is 0 Å². The third-order valence-electron chi connectivity index (χ3n) is 5.10. The number of hydrogen-bond acceptors (Lipinski definition) is 5. The molecule has 2 amide bonds. The lowest BCUT2D eigenvalue weighted by molar-refractivity contribution is -0.133. The minimum atomic E-state index is -0.167. The van der Waals surface area contributed by atoms with Crippen LogP contribution in [0.4, 0.5) is 11.5 Å². The predicted molar refractivity (Wildman–Crippen MR) is 119 cm³/mol. The normalized spacial score (nSPS) is 13.5. The van der Waals surface area contributed by atoms with Crippen LogP contribution in [0.1, 0.15) is 10.4 Å². The first-order valence-electron chi connectivity index (χ1n) is 10.2. The van der Waals surface area contributed by atoms with Gasteiger partial charge in [0, 0.05) is 31.7 Å². The third kappa shape index (κ3) is 5.39. The number of pyridine rings is 1. The summed E-state index contributed by atoms with van der Waals surface area (Å²) in [5.41, 5.74) is 1.24. The van der Waals surface area contributed by atoms with Crippen molar-refractivity contribution < 1.29 is 14.3 Å². The Morgan fingerprint density at radius 3 is 2.19 bits per heavy atom. The van der Waals surface area contributed by atoms with Crippen LogP contribution < -0.4 is 15.0 Å². The lowest BCUT2D eigenvalue weighted by Crippen LogP contribution is -2.50. The number of nitrogens with zero attached hydrogens (tertiary/aromatic N) is 3. The maximum atomic E-state index is 12.4. The van der Waals surface area contributed by atoms with Gasteiger partial charge in [-0.05, 0) is 36.4 Å². The van der Waals surface area contributed by atoms with Gasteiger partial charge in [-0.2, -0.15) is 0 Å². The van der Waals surface area contributed by atoms with Crippen molar-refractivity contribution in [1.82, 2.24) is 9.88 Å². The lowest BCUT2D eigenvalue weighted by atomic mass is 10.2. The first kappa shape index (κ1) is 20.4. The van der Waals surface area contributed by atoms with Crippen LogP contribution in [-0.4, -0.2) is 54.5 Å². The van der Waals surface area contributed by atoms with Crippen LogP contribution in [0.15, 0.2) is 79.0 Å². The van der Waals surface area contributed by atoms with Crippen molar-refractivity contribution >= 4 is 23.3 Å². The van der Waals surface area contributed by atoms with Crippen molar-refractivity contribution in [3.63, 3.8) is 0 Å². The Hall–Kier alpha value is -3.87. The summed E-state index contributed by atoms with van der Waals surface area (Å²) in [5, 5.41) is 2.85. The summed E-state index contributed by atoms with van der Waals surface area (Å²) in [6, 6.07) is 22.1. The molecule has 7 nitrogen and oxygen atoms in total. The molecular formula is C24H24N4O3. The van der Waals surface area contributed by atoms with Crippen molar-refractivity contribution in [3.8, 4) is 5.75 Å². The van der Waals surface area contributed by atoms with Crippen LogP contribution in [0, 0.1) is 0 Å². The number of hydrogen-bond donors (Lipinski definition) is 1. The van der Waals surface area contributed by atoms with Crippen molar-refractivity contribution in [2.24, 2.45) is 0 Å². The molecule has 31 heavy (non-hydrogen) atoms. The Labute approximate surface area is 181 Å². The van der Waals surface area contributed by atoms with Gasteiger partial charge in [0.15, 0.2) is 6.61 Å². The molecule has 2 heterocycles. The number of para-hydroxylation sites is 1. The summed E-state index contributed by atoms with van der Waals surface area (Å²) in [4.78, 5) is 33.1. The molecule has 2 aromatic carbocycles. The molecule has 7 heteroatoms. The highest BCUT2D eigenvalue weighted by Gasteiger charge is 2.22. The topological polar surface area (TPSA) is 74.8 Å². The average Bonchev–Trinajstić information content (AvgIpc) is 2.84. The number of amides is 2. The second-order valence-electron chi connectivity index (χ2n) is 7.19. The Balaban J connectivity index is 1.26. The Bertz CT molecular complexity index is 1000. The summed E-state index contributed by atoms with van der Waals surface area (Å²) < 4.78 is 5.56. The minimum absolute atomic E-state index is 0.0181. The molecule has 1 aliphatic rings. The van der Waals surface area contributed by atoms with Crippen LogP contribution in [0.3, 0.4) is 0 Å². The number of nitrogens with one attached hydrogen (secondary N) is 1. The smallest absolute Gasteiger partial charge is 0.260 e. The largest absolute Gasteiger partial charge is 0.484 e. The maximum Gasteiger partial charge on any atom is 0.260 e. The summed E-state index contributed by atoms with van der Waals surface area (Å²) in [5.74, 6) is 1.33. The zero-order chi connectivity index (χ0) is 21.5. The number of aromatic nitrogens is 1. The Morgan fingerprint density at radius 2 is 1.55 bits per heavy atom. The Morgan fingerprint density at radius 1 is 0.871 bits per heavy atom. The summed E-state index contributed by atoms with van der Waals surface area (Å²) in [6.45, 7) is 2.66. The van der Waals surface area contributed by atoms with Crippen molar-refractivity contribution in [2.75, 3.05) is 43.0 Å². The van der Waals surface area contributed by atoms with Gasteiger partial charge in [-0.25, -0.2) is 4.98 Å². The standard InChI is InChI=1S/C24H24N4O3/c29-23(18-31-21-9-5-2-6-10-21)28-15-13-27(14-16-28)22-12-11-20(17-25-22)26-24(30)19-7-3-1-4-8-19/h1-12,17H,13-16,18H2,(H,26,30). The molecule has 158 valence electrons. The van der Waals surface area contributed by atoms with Crippen molar-refractivity contribution in [2.45, 2.75) is 0 Å². The zero-order valence-corrected chi connectivity index (χ0v) is 17.1. The fraction of sp³-hybridized carbons (Fsp3) is 0.208. The molecule has 0 saturated carbocycles. The molecule has 3 aromatic rings. The first-order valence-corrected chi connectivity index (χ1v) is 10.2. The Kier molecular flexibility index (Phi) is 6.42. The van der Waals surface area contributed by atoms with Gasteiger partial charge >= 0.3 is 0 Å². The summed E-state index contributed by atoms with van der Waals surface area (Å²) in [7, 11) is 0. The van der Waals surface area contributed by atoms with E-state index in [0.29, 0.717) is 43.2 Å². The molecule has 0 unspecified atom stereocenters. The third-order valence-corrected chi connectivity index (χ3v) is 5.10. The molecule has 0 spiro atoms. The predicted octanol–water partition coefficient (Wildman–Crippen LogP) is 3.06. The van der Waals surface area contributed by atoms with Gasteiger partial charge in [-0.3, -0.25) is 9.59 Å². The molecule has 1 aliphatic heterocycles. The fourth-order valence-corrected chi connectivity index (χ4v) is 3.38. The second-order valence-corrected chi connectivity index (χ2v) is 7.19. The van der Waals surface area contributed by atoms with E-state index in [1.165, 1.54) is 0 Å². The molecule has 0 bridgehead atoms. The highest BCUT2D eigenvalue weighted by molar-refractivity contribution is 6.04. The van der Waals surface area contributed by atoms with E-state index in [4.69, 9.17) is 4.74 Å². The lowest BCUT2D eigenvalue weighted by Gasteiger charge is -2.35. The van der Waals surface area contributed by atoms with Gasteiger partial charge in [0.2, 0.25) is 0 Å². The molecule has 0 atom stereocenters. The van der Waals surface area contributed by atoms with Gasteiger partial charge in [0.1, 0.15) is 11.6 Å². The molecular weight excluding hydrogens is 392 g/mol. The van der Waals surface area contributed by atoms with Gasteiger partial charge < -0.3 is 19.9 Å². The first-order chi connectivity index (χ1) is 15.2. The van der Waals surface area contributed by atoms with Gasteiger partial charge in [0.25, 0.3) is 11.8 Å². The molecule has 1 fully saturated rings. The molecule has 1 aromatic heterocycles. The molecule has 1 N–H and O–H groups in total. The van der Waals surface area contributed by atoms with E-state index in [9.17, 15) is 9.59 Å². The van der Waals surface area contributed by atoms with Crippen LogP contribution in [0.5, 0.6) is 5.75 Å². The van der Waals surface area contributed by atoms with E-state index in [-0.39, 0.29) is 18.4 Å². The molecule has 4 rings (SSSR count). The van der Waals surface area contributed by atoms with Crippen LogP contribution in [0.25, 0.3) is 0 Å². The van der Waals surface area contributed by atoms with E-state index in [1.807, 2.05) is 65.6 Å². The number of benzene rings is 2. The van der Waals surface area contributed by atoms with Crippen LogP contribution in [0.2, 0.25) is 0 Å². The van der Waals surface area contributed by atoms with Gasteiger partial charge in [-0.1, -0.05) is 36.4 Å². The molecule has 0 aliphatic carbocycles. The highest BCUT2D eigenvalue weighted by Crippen LogP contribution is 2.17. The van der Waals surface area contributed by atoms with Crippen LogP contribution in [-0.2, 0) is 4.79 Å². The monoisotopic (exact) mass is 416 g/mol. The number of rotatable bonds is 6. The van der Waals surface area contributed by atoms with Gasteiger partial charge in [-0.15, -0.1) is 0 Å². The number of carbonyl (C=O) groups is 2. The number of anilines is 2. The van der Waals surface area contributed by atoms with Crippen molar-refractivity contribution in [3.05, 3.63) is 84.6 Å². The highest BCUT2D eigenvalue weighted by atomic mass is 16.5. The number of ether oxygens (including phenoxy) is 1. The quantitative estimate of drug-likeness (QED) is 0.669. The van der Waals surface area contributed by atoms with E-state index in [0.717, 1.165) is 5.82 Å². The van der Waals surface area contributed by atoms with Crippen molar-refractivity contribution in [1.29, 1.82) is 0 Å². The summed E-state index contributed by atoms with van der Waals surface area (Å²) >= 11 is 0. The fourth-order valence-electron chi connectivity index (χ4n) is 3.38. The molecule has 1 saturated heterocycles. The van der Waals surface area contributed by atoms with E-state index in [1.54, 1.807) is 18.3 Å². The minimum Gasteiger partial charge on any atom is -0.484 e. The van der Waals surface area contributed by atoms with E-state index >= 15 is 0 Å². The average molecular weight is 416 g/mol. The van der Waals surface area contributed by atoms with Gasteiger partial charge in [0.05, 0.1) is 11.9 Å². The van der Waals surface area contributed by atoms with Crippen LogP contribution >= 0.6 is 0 Å². The molecule has 0 radical (unpaired) electrons. The maximum absolute atomic E-state index is 12.4. The second kappa shape index (κ2) is 9.75. The number of piperazine rings is 1. The van der Waals surface area contributed by atoms with E-state index in [2.05, 4.69) is 15.2 Å². The SMILES string of the molecule is O=C(Nc1ccc(N2CCN(C(=O)COc3ccccc3)CC2)nc1)c1ccccc1. The summed E-state index contributed by atoms with van der Waals surface area (Å²) in [6.07, 6.45) is 1.65. The number of carbonyl (C=O) groups excluding carboxylic acids is 2. The zero-order valence-electron chi connectivity index (χ0n) is 17.1.